The highest BCUT2D eigenvalue weighted by atomic mass is 32.1. The average Bonchev–Trinajstić information content (AvgIpc) is 3.32. The van der Waals surface area contributed by atoms with Crippen molar-refractivity contribution in [3.63, 3.8) is 0 Å². The number of fused-ring (bicyclic) bond motifs is 1. The van der Waals surface area contributed by atoms with E-state index in [0.717, 1.165) is 18.4 Å². The Balaban J connectivity index is 1.65. The third-order valence-electron chi connectivity index (χ3n) is 5.05. The van der Waals surface area contributed by atoms with Gasteiger partial charge in [-0.05, 0) is 59.9 Å². The fourth-order valence-corrected chi connectivity index (χ4v) is 4.75. The van der Waals surface area contributed by atoms with E-state index in [0.29, 0.717) is 22.7 Å². The van der Waals surface area contributed by atoms with Crippen molar-refractivity contribution in [3.05, 3.63) is 87.8 Å². The van der Waals surface area contributed by atoms with Crippen molar-refractivity contribution < 1.29 is 14.3 Å². The zero-order valence-corrected chi connectivity index (χ0v) is 16.4. The number of amides is 1. The van der Waals surface area contributed by atoms with Crippen LogP contribution < -0.4 is 5.32 Å². The van der Waals surface area contributed by atoms with E-state index in [4.69, 9.17) is 4.74 Å². The molecule has 2 aromatic carbocycles. The number of thiophene rings is 1. The number of anilines is 1. The zero-order chi connectivity index (χ0) is 19.5. The molecule has 5 heteroatoms. The van der Waals surface area contributed by atoms with Gasteiger partial charge in [-0.25, -0.2) is 4.79 Å². The third kappa shape index (κ3) is 3.58. The fraction of sp³-hybridized carbons (Fsp3) is 0.217. The fourth-order valence-electron chi connectivity index (χ4n) is 3.72. The molecule has 0 radical (unpaired) electrons. The molecule has 1 N–H and O–H groups in total. The maximum Gasteiger partial charge on any atom is 0.341 e. The topological polar surface area (TPSA) is 55.4 Å². The lowest BCUT2D eigenvalue weighted by molar-refractivity contribution is 0.0526. The van der Waals surface area contributed by atoms with Gasteiger partial charge in [0, 0.05) is 5.56 Å². The van der Waals surface area contributed by atoms with Gasteiger partial charge in [0.25, 0.3) is 5.91 Å². The first kappa shape index (κ1) is 18.4. The number of rotatable bonds is 5. The van der Waals surface area contributed by atoms with E-state index in [-0.39, 0.29) is 17.8 Å². The Bertz CT molecular complexity index is 985. The number of hydrogen-bond donors (Lipinski definition) is 1. The van der Waals surface area contributed by atoms with E-state index in [1.54, 1.807) is 19.1 Å². The average molecular weight is 391 g/mol. The summed E-state index contributed by atoms with van der Waals surface area (Å²) in [4.78, 5) is 25.3. The van der Waals surface area contributed by atoms with Crippen LogP contribution in [-0.4, -0.2) is 18.5 Å². The molecule has 1 amide bonds. The first-order valence-corrected chi connectivity index (χ1v) is 10.3. The summed E-state index contributed by atoms with van der Waals surface area (Å²) in [6.45, 7) is 2.09. The SMILES string of the molecule is CCOC(=O)c1c(C2Cc3ccccc3C2)csc1NC(=O)c1ccccc1. The second-order valence-electron chi connectivity index (χ2n) is 6.81. The Morgan fingerprint density at radius 3 is 2.32 bits per heavy atom. The van der Waals surface area contributed by atoms with Gasteiger partial charge < -0.3 is 10.1 Å². The minimum absolute atomic E-state index is 0.218. The number of nitrogens with one attached hydrogen (secondary N) is 1. The molecule has 28 heavy (non-hydrogen) atoms. The molecule has 0 saturated heterocycles. The molecule has 3 aromatic rings. The van der Waals surface area contributed by atoms with Gasteiger partial charge in [-0.1, -0.05) is 42.5 Å². The summed E-state index contributed by atoms with van der Waals surface area (Å²) in [7, 11) is 0. The van der Waals surface area contributed by atoms with Crippen LogP contribution in [0.15, 0.2) is 60.0 Å². The van der Waals surface area contributed by atoms with Gasteiger partial charge in [0.15, 0.2) is 0 Å². The van der Waals surface area contributed by atoms with Crippen LogP contribution in [0.25, 0.3) is 0 Å². The van der Waals surface area contributed by atoms with E-state index < -0.39 is 0 Å². The van der Waals surface area contributed by atoms with Crippen LogP contribution in [0, 0.1) is 0 Å². The lowest BCUT2D eigenvalue weighted by Gasteiger charge is -2.12. The summed E-state index contributed by atoms with van der Waals surface area (Å²) >= 11 is 1.39. The largest absolute Gasteiger partial charge is 0.462 e. The van der Waals surface area contributed by atoms with E-state index in [2.05, 4.69) is 17.4 Å². The maximum atomic E-state index is 12.7. The summed E-state index contributed by atoms with van der Waals surface area (Å²) < 4.78 is 5.31. The molecule has 142 valence electrons. The number of hydrogen-bond acceptors (Lipinski definition) is 4. The lowest BCUT2D eigenvalue weighted by atomic mass is 9.95. The molecule has 1 aromatic heterocycles. The van der Waals surface area contributed by atoms with Gasteiger partial charge in [0.05, 0.1) is 12.2 Å². The van der Waals surface area contributed by atoms with Crippen molar-refractivity contribution in [3.8, 4) is 0 Å². The Hall–Kier alpha value is -2.92. The second-order valence-corrected chi connectivity index (χ2v) is 7.69. The molecule has 0 atom stereocenters. The maximum absolute atomic E-state index is 12.7. The molecule has 1 heterocycles. The quantitative estimate of drug-likeness (QED) is 0.619. The van der Waals surface area contributed by atoms with Gasteiger partial charge in [-0.15, -0.1) is 11.3 Å². The Morgan fingerprint density at radius 2 is 1.68 bits per heavy atom. The summed E-state index contributed by atoms with van der Waals surface area (Å²) in [5, 5.41) is 5.45. The van der Waals surface area contributed by atoms with Crippen LogP contribution in [0.5, 0.6) is 0 Å². The predicted molar refractivity (Wildman–Crippen MR) is 111 cm³/mol. The Kier molecular flexibility index (Phi) is 5.26. The molecular formula is C23H21NO3S. The van der Waals surface area contributed by atoms with Gasteiger partial charge >= 0.3 is 5.97 Å². The number of carbonyl (C=O) groups excluding carboxylic acids is 2. The highest BCUT2D eigenvalue weighted by molar-refractivity contribution is 7.15. The lowest BCUT2D eigenvalue weighted by Crippen LogP contribution is -2.16. The minimum Gasteiger partial charge on any atom is -0.462 e. The first-order valence-electron chi connectivity index (χ1n) is 9.39. The van der Waals surface area contributed by atoms with Crippen molar-refractivity contribution >= 4 is 28.2 Å². The molecule has 0 unspecified atom stereocenters. The normalized spacial score (nSPS) is 13.2. The van der Waals surface area contributed by atoms with Crippen molar-refractivity contribution in [1.29, 1.82) is 0 Å². The Labute approximate surface area is 168 Å². The van der Waals surface area contributed by atoms with Crippen molar-refractivity contribution in [1.82, 2.24) is 0 Å². The number of esters is 1. The smallest absolute Gasteiger partial charge is 0.341 e. The summed E-state index contributed by atoms with van der Waals surface area (Å²) in [6.07, 6.45) is 1.79. The summed E-state index contributed by atoms with van der Waals surface area (Å²) in [5.41, 5.74) is 4.66. The summed E-state index contributed by atoms with van der Waals surface area (Å²) in [5.74, 6) is -0.386. The highest BCUT2D eigenvalue weighted by Crippen LogP contribution is 2.40. The van der Waals surface area contributed by atoms with Crippen LogP contribution in [0.1, 0.15) is 50.2 Å². The predicted octanol–water partition coefficient (Wildman–Crippen LogP) is 5.06. The molecule has 0 saturated carbocycles. The van der Waals surface area contributed by atoms with E-state index in [1.165, 1.54) is 22.5 Å². The van der Waals surface area contributed by atoms with E-state index in [1.807, 2.05) is 35.7 Å². The molecular weight excluding hydrogens is 370 g/mol. The van der Waals surface area contributed by atoms with Crippen molar-refractivity contribution in [2.24, 2.45) is 0 Å². The minimum atomic E-state index is -0.377. The van der Waals surface area contributed by atoms with E-state index in [9.17, 15) is 9.59 Å². The molecule has 0 fully saturated rings. The van der Waals surface area contributed by atoms with Crippen LogP contribution in [0.2, 0.25) is 0 Å². The summed E-state index contributed by atoms with van der Waals surface area (Å²) in [6, 6.07) is 17.4. The van der Waals surface area contributed by atoms with Gasteiger partial charge in [-0.3, -0.25) is 4.79 Å². The standard InChI is InChI=1S/C23H21NO3S/c1-2-27-23(26)20-19(18-12-16-10-6-7-11-17(16)13-18)14-28-22(20)24-21(25)15-8-4-3-5-9-15/h3-11,14,18H,2,12-13H2,1H3,(H,24,25). The molecule has 4 nitrogen and oxygen atoms in total. The van der Waals surface area contributed by atoms with Gasteiger partial charge in [-0.2, -0.15) is 0 Å². The van der Waals surface area contributed by atoms with Crippen molar-refractivity contribution in [2.75, 3.05) is 11.9 Å². The highest BCUT2D eigenvalue weighted by Gasteiger charge is 2.30. The number of benzene rings is 2. The molecule has 1 aliphatic carbocycles. The zero-order valence-electron chi connectivity index (χ0n) is 15.6. The number of carbonyl (C=O) groups is 2. The van der Waals surface area contributed by atoms with Crippen LogP contribution in [-0.2, 0) is 17.6 Å². The van der Waals surface area contributed by atoms with Gasteiger partial charge in [0.2, 0.25) is 0 Å². The van der Waals surface area contributed by atoms with E-state index >= 15 is 0 Å². The number of ether oxygens (including phenoxy) is 1. The van der Waals surface area contributed by atoms with Crippen LogP contribution in [0.3, 0.4) is 0 Å². The molecule has 0 bridgehead atoms. The molecule has 0 aliphatic heterocycles. The third-order valence-corrected chi connectivity index (χ3v) is 5.97. The monoisotopic (exact) mass is 391 g/mol. The first-order chi connectivity index (χ1) is 13.7. The Morgan fingerprint density at radius 1 is 1.04 bits per heavy atom. The second kappa shape index (κ2) is 7.98. The molecule has 0 spiro atoms. The molecule has 4 rings (SSSR count). The van der Waals surface area contributed by atoms with Crippen LogP contribution >= 0.6 is 11.3 Å². The van der Waals surface area contributed by atoms with Crippen molar-refractivity contribution in [2.45, 2.75) is 25.7 Å². The van der Waals surface area contributed by atoms with Crippen LogP contribution in [0.4, 0.5) is 5.00 Å². The molecule has 1 aliphatic rings. The van der Waals surface area contributed by atoms with Gasteiger partial charge in [0.1, 0.15) is 5.00 Å².